The predicted octanol–water partition coefficient (Wildman–Crippen LogP) is -0.305. The van der Waals surface area contributed by atoms with Gasteiger partial charge in [-0.2, -0.15) is 4.31 Å². The zero-order valence-electron chi connectivity index (χ0n) is 9.01. The van der Waals surface area contributed by atoms with Crippen molar-refractivity contribution in [1.29, 1.82) is 0 Å². The van der Waals surface area contributed by atoms with Crippen LogP contribution in [0.5, 0.6) is 0 Å². The molecule has 90 valence electrons. The van der Waals surface area contributed by atoms with Gasteiger partial charge < -0.3 is 10.8 Å². The first-order chi connectivity index (χ1) is 6.91. The number of hydrogen-bond donors (Lipinski definition) is 2. The van der Waals surface area contributed by atoms with Gasteiger partial charge in [-0.25, -0.2) is 8.42 Å². The van der Waals surface area contributed by atoms with Crippen LogP contribution in [0.3, 0.4) is 0 Å². The van der Waals surface area contributed by atoms with Crippen LogP contribution in [0.4, 0.5) is 0 Å². The lowest BCUT2D eigenvalue weighted by molar-refractivity contribution is 0.256. The van der Waals surface area contributed by atoms with Crippen molar-refractivity contribution in [2.45, 2.75) is 25.5 Å². The van der Waals surface area contributed by atoms with Crippen molar-refractivity contribution in [1.82, 2.24) is 4.31 Å². The third-order valence-corrected chi connectivity index (χ3v) is 5.01. The lowest BCUT2D eigenvalue weighted by Crippen LogP contribution is -2.45. The molecule has 15 heavy (non-hydrogen) atoms. The molecule has 5 nitrogen and oxygen atoms in total. The second-order valence-corrected chi connectivity index (χ2v) is 5.65. The smallest absolute Gasteiger partial charge is 0.223 e. The molecule has 0 radical (unpaired) electrons. The molecule has 0 bridgehead atoms. The summed E-state index contributed by atoms with van der Waals surface area (Å²) in [4.78, 5) is -0.0195. The molecule has 1 unspecified atom stereocenters. The van der Waals surface area contributed by atoms with Gasteiger partial charge >= 0.3 is 0 Å². The average molecular weight is 254 g/mol. The van der Waals surface area contributed by atoms with Crippen LogP contribution in [0.1, 0.15) is 20.3 Å². The van der Waals surface area contributed by atoms with Crippen LogP contribution in [0, 0.1) is 0 Å². The van der Waals surface area contributed by atoms with Gasteiger partial charge in [-0.1, -0.05) is 26.1 Å². The molecule has 0 aliphatic rings. The molecule has 1 atom stereocenters. The minimum atomic E-state index is -3.52. The van der Waals surface area contributed by atoms with Crippen LogP contribution in [0.25, 0.3) is 0 Å². The largest absolute Gasteiger partial charge is 0.395 e. The number of aliphatic hydroxyl groups is 1. The number of rotatable bonds is 7. The van der Waals surface area contributed by atoms with Crippen LogP contribution in [0.2, 0.25) is 0 Å². The van der Waals surface area contributed by atoms with Gasteiger partial charge in [0, 0.05) is 13.1 Å². The Balaban J connectivity index is 4.98. The van der Waals surface area contributed by atoms with Crippen molar-refractivity contribution in [3.8, 4) is 0 Å². The van der Waals surface area contributed by atoms with E-state index >= 15 is 0 Å². The Kier molecular flexibility index (Phi) is 6.26. The highest BCUT2D eigenvalue weighted by molar-refractivity contribution is 7.92. The molecule has 0 aliphatic heterocycles. The van der Waals surface area contributed by atoms with Crippen molar-refractivity contribution >= 4 is 27.2 Å². The maximum atomic E-state index is 12.0. The van der Waals surface area contributed by atoms with Crippen LogP contribution < -0.4 is 5.73 Å². The Hall–Kier alpha value is -0.240. The van der Waals surface area contributed by atoms with E-state index in [4.69, 9.17) is 23.1 Å². The highest BCUT2D eigenvalue weighted by atomic mass is 32.2. The number of nitrogens with zero attached hydrogens (tertiary/aromatic N) is 1. The fraction of sp³-hybridized carbons (Fsp3) is 0.875. The van der Waals surface area contributed by atoms with Crippen molar-refractivity contribution < 1.29 is 13.5 Å². The Morgan fingerprint density at radius 2 is 2.07 bits per heavy atom. The van der Waals surface area contributed by atoms with Crippen LogP contribution in [0.15, 0.2) is 0 Å². The number of sulfonamides is 1. The molecule has 0 aromatic rings. The fourth-order valence-electron chi connectivity index (χ4n) is 1.32. The van der Waals surface area contributed by atoms with Crippen molar-refractivity contribution in [2.75, 3.05) is 19.7 Å². The second kappa shape index (κ2) is 6.37. The average Bonchev–Trinajstić information content (AvgIpc) is 2.13. The van der Waals surface area contributed by atoms with Crippen molar-refractivity contribution in [2.24, 2.45) is 5.73 Å². The number of nitrogens with two attached hydrogens (primary N) is 1. The Labute approximate surface area is 96.3 Å². The second-order valence-electron chi connectivity index (χ2n) is 3.06. The lowest BCUT2D eigenvalue weighted by atomic mass is 10.3. The molecule has 0 aromatic heterocycles. The van der Waals surface area contributed by atoms with E-state index in [1.54, 1.807) is 13.8 Å². The molecule has 0 rings (SSSR count). The summed E-state index contributed by atoms with van der Waals surface area (Å²) in [5, 5.41) is 7.92. The molecule has 0 aromatic carbocycles. The Bertz CT molecular complexity index is 303. The third kappa shape index (κ3) is 3.67. The van der Waals surface area contributed by atoms with E-state index in [2.05, 4.69) is 0 Å². The summed E-state index contributed by atoms with van der Waals surface area (Å²) in [5.74, 6) is 0. The first-order valence-electron chi connectivity index (χ1n) is 4.80. The summed E-state index contributed by atoms with van der Waals surface area (Å²) in [7, 11) is -3.52. The molecule has 0 fully saturated rings. The van der Waals surface area contributed by atoms with Gasteiger partial charge in [0.15, 0.2) is 0 Å². The minimum Gasteiger partial charge on any atom is -0.395 e. The zero-order valence-corrected chi connectivity index (χ0v) is 10.6. The zero-order chi connectivity index (χ0) is 12.1. The first-order valence-corrected chi connectivity index (χ1v) is 6.72. The van der Waals surface area contributed by atoms with Crippen LogP contribution in [-0.2, 0) is 10.0 Å². The monoisotopic (exact) mass is 254 g/mol. The minimum absolute atomic E-state index is 0.0195. The van der Waals surface area contributed by atoms with Gasteiger partial charge in [0.25, 0.3) is 0 Å². The van der Waals surface area contributed by atoms with Gasteiger partial charge in [0.1, 0.15) is 5.25 Å². The van der Waals surface area contributed by atoms with E-state index in [1.165, 1.54) is 4.31 Å². The summed E-state index contributed by atoms with van der Waals surface area (Å²) in [6.07, 6.45) is 0.347. The first kappa shape index (κ1) is 14.8. The van der Waals surface area contributed by atoms with E-state index in [1.807, 2.05) is 0 Å². The van der Waals surface area contributed by atoms with E-state index in [0.717, 1.165) is 0 Å². The molecule has 0 heterocycles. The number of likely N-dealkylation sites (N-methyl/N-ethyl adjacent to an activating group) is 1. The van der Waals surface area contributed by atoms with Crippen molar-refractivity contribution in [3.63, 3.8) is 0 Å². The van der Waals surface area contributed by atoms with Crippen LogP contribution in [-0.4, -0.2) is 47.8 Å². The summed E-state index contributed by atoms with van der Waals surface area (Å²) in [6.45, 7) is 3.61. The maximum absolute atomic E-state index is 12.0. The topological polar surface area (TPSA) is 83.6 Å². The highest BCUT2D eigenvalue weighted by Gasteiger charge is 2.31. The van der Waals surface area contributed by atoms with Crippen molar-refractivity contribution in [3.05, 3.63) is 0 Å². The molecule has 0 saturated heterocycles. The molecule has 0 aliphatic carbocycles. The normalized spacial score (nSPS) is 14.1. The van der Waals surface area contributed by atoms with Gasteiger partial charge in [-0.05, 0) is 6.42 Å². The van der Waals surface area contributed by atoms with E-state index in [-0.39, 0.29) is 18.1 Å². The molecule has 3 N–H and O–H groups in total. The highest BCUT2D eigenvalue weighted by Crippen LogP contribution is 2.12. The molecule has 0 spiro atoms. The van der Waals surface area contributed by atoms with E-state index in [0.29, 0.717) is 13.0 Å². The molecule has 7 heteroatoms. The Morgan fingerprint density at radius 1 is 1.53 bits per heavy atom. The summed E-state index contributed by atoms with van der Waals surface area (Å²) in [6, 6.07) is 0. The quantitative estimate of drug-likeness (QED) is 0.609. The molecule has 0 amide bonds. The van der Waals surface area contributed by atoms with E-state index < -0.39 is 15.3 Å². The number of aliphatic hydroxyl groups excluding tert-OH is 1. The van der Waals surface area contributed by atoms with Gasteiger partial charge in [-0.15, -0.1) is 0 Å². The number of hydrogen-bond acceptors (Lipinski definition) is 4. The molecule has 0 saturated carbocycles. The Morgan fingerprint density at radius 3 is 2.33 bits per heavy atom. The van der Waals surface area contributed by atoms with Gasteiger partial charge in [0.2, 0.25) is 10.0 Å². The molecular formula is C8H18N2O3S2. The van der Waals surface area contributed by atoms with Gasteiger partial charge in [-0.3, -0.25) is 0 Å². The maximum Gasteiger partial charge on any atom is 0.223 e. The third-order valence-electron chi connectivity index (χ3n) is 2.11. The SMILES string of the molecule is CCC(C(N)=S)S(=O)(=O)N(CC)CCO. The van der Waals surface area contributed by atoms with Crippen LogP contribution >= 0.6 is 12.2 Å². The number of thiocarbonyl (C=S) groups is 1. The summed E-state index contributed by atoms with van der Waals surface area (Å²) >= 11 is 4.72. The predicted molar refractivity (Wildman–Crippen MR) is 64.1 cm³/mol. The summed E-state index contributed by atoms with van der Waals surface area (Å²) < 4.78 is 25.1. The standard InChI is InChI=1S/C8H18N2O3S2/c1-3-7(8(9)14)15(12,13)10(4-2)5-6-11/h7,11H,3-6H2,1-2H3,(H2,9,14). The lowest BCUT2D eigenvalue weighted by Gasteiger charge is -2.24. The molecular weight excluding hydrogens is 236 g/mol. The van der Waals surface area contributed by atoms with E-state index in [9.17, 15) is 8.42 Å². The van der Waals surface area contributed by atoms with Gasteiger partial charge in [0.05, 0.1) is 11.6 Å². The summed E-state index contributed by atoms with van der Waals surface area (Å²) in [5.41, 5.74) is 5.39. The fourth-order valence-corrected chi connectivity index (χ4v) is 3.62.